The van der Waals surface area contributed by atoms with Crippen LogP contribution in [0, 0.1) is 27.7 Å². The van der Waals surface area contributed by atoms with Gasteiger partial charge < -0.3 is 4.90 Å². The van der Waals surface area contributed by atoms with Crippen LogP contribution in [0.2, 0.25) is 0 Å². The largest absolute Gasteiger partial charge is 0.336 e. The minimum absolute atomic E-state index is 0.251. The van der Waals surface area contributed by atoms with E-state index in [1.165, 1.54) is 10.5 Å². The number of carbonyl (C=O) groups excluding carboxylic acids is 2. The van der Waals surface area contributed by atoms with E-state index in [-0.39, 0.29) is 11.8 Å². The van der Waals surface area contributed by atoms with Crippen molar-refractivity contribution in [2.45, 2.75) is 40.5 Å². The van der Waals surface area contributed by atoms with Gasteiger partial charge in [-0.1, -0.05) is 48.5 Å². The lowest BCUT2D eigenvalue weighted by molar-refractivity contribution is -0.120. The second-order valence-electron chi connectivity index (χ2n) is 9.14. The summed E-state index contributed by atoms with van der Waals surface area (Å²) in [6.45, 7) is 8.73. The molecule has 0 saturated carbocycles. The summed E-state index contributed by atoms with van der Waals surface area (Å²) in [6.07, 6.45) is 1.91. The molecule has 0 radical (unpaired) electrons. The van der Waals surface area contributed by atoms with Crippen molar-refractivity contribution in [1.29, 1.82) is 0 Å². The third-order valence-electron chi connectivity index (χ3n) is 6.84. The summed E-state index contributed by atoms with van der Waals surface area (Å²) in [6, 6.07) is 20.1. The molecule has 0 unspecified atom stereocenters. The van der Waals surface area contributed by atoms with Crippen molar-refractivity contribution < 1.29 is 9.59 Å². The second kappa shape index (κ2) is 8.04. The summed E-state index contributed by atoms with van der Waals surface area (Å²) in [5.41, 5.74) is 8.83. The molecule has 0 N–H and O–H groups in total. The molecule has 2 amide bonds. The average molecular weight is 437 g/mol. The Kier molecular flexibility index (Phi) is 5.16. The molecule has 2 heterocycles. The fourth-order valence-electron chi connectivity index (χ4n) is 4.87. The average Bonchev–Trinajstić information content (AvgIpc) is 3.06. The zero-order valence-corrected chi connectivity index (χ0v) is 19.6. The molecule has 2 aliphatic heterocycles. The molecular formula is C29H28N2O2. The first kappa shape index (κ1) is 21.2. The quantitative estimate of drug-likeness (QED) is 0.498. The fraction of sp³-hybridized carbons (Fsp3) is 0.241. The highest BCUT2D eigenvalue weighted by Gasteiger charge is 2.44. The third kappa shape index (κ3) is 3.46. The standard InChI is InChI=1S/C29H28N2O2/c1-18-11-12-20(3)25(16-18)31-28(32)26(23-14-13-19(2)21(4)17-23)27(29(31)33)30-15-7-9-22-8-5-6-10-24(22)30/h5-6,8,10-14,16-17H,7,9,15H2,1-4H3. The lowest BCUT2D eigenvalue weighted by atomic mass is 9.97. The molecule has 5 rings (SSSR count). The SMILES string of the molecule is Cc1ccc(C)c(N2C(=O)C(c3ccc(C)c(C)c3)=C(N3CCCc4ccccc43)C2=O)c1. The van der Waals surface area contributed by atoms with Crippen molar-refractivity contribution in [1.82, 2.24) is 0 Å². The first-order valence-corrected chi connectivity index (χ1v) is 11.5. The van der Waals surface area contributed by atoms with Gasteiger partial charge in [-0.05, 0) is 86.1 Å². The highest BCUT2D eigenvalue weighted by Crippen LogP contribution is 2.40. The Morgan fingerprint density at radius 3 is 2.27 bits per heavy atom. The van der Waals surface area contributed by atoms with Crippen molar-refractivity contribution in [3.8, 4) is 0 Å². The van der Waals surface area contributed by atoms with Crippen LogP contribution < -0.4 is 9.80 Å². The van der Waals surface area contributed by atoms with Gasteiger partial charge in [0.25, 0.3) is 11.8 Å². The maximum Gasteiger partial charge on any atom is 0.282 e. The summed E-state index contributed by atoms with van der Waals surface area (Å²) in [7, 11) is 0. The van der Waals surface area contributed by atoms with Gasteiger partial charge in [-0.25, -0.2) is 4.90 Å². The molecule has 33 heavy (non-hydrogen) atoms. The van der Waals surface area contributed by atoms with Crippen LogP contribution >= 0.6 is 0 Å². The summed E-state index contributed by atoms with van der Waals surface area (Å²) < 4.78 is 0. The van der Waals surface area contributed by atoms with Gasteiger partial charge in [-0.3, -0.25) is 9.59 Å². The highest BCUT2D eigenvalue weighted by molar-refractivity contribution is 6.46. The number of amides is 2. The van der Waals surface area contributed by atoms with Crippen LogP contribution in [-0.2, 0) is 16.0 Å². The summed E-state index contributed by atoms with van der Waals surface area (Å²) in [5.74, 6) is -0.506. The van der Waals surface area contributed by atoms with Crippen molar-refractivity contribution >= 4 is 28.8 Å². The lowest BCUT2D eigenvalue weighted by Crippen LogP contribution is -2.37. The van der Waals surface area contributed by atoms with Crippen LogP contribution in [-0.4, -0.2) is 18.4 Å². The minimum atomic E-state index is -0.255. The summed E-state index contributed by atoms with van der Waals surface area (Å²) in [5, 5.41) is 0. The van der Waals surface area contributed by atoms with Crippen LogP contribution in [0.25, 0.3) is 5.57 Å². The minimum Gasteiger partial charge on any atom is -0.336 e. The number of benzene rings is 3. The van der Waals surface area contributed by atoms with Crippen molar-refractivity contribution in [2.24, 2.45) is 0 Å². The predicted molar refractivity (Wildman–Crippen MR) is 133 cm³/mol. The van der Waals surface area contributed by atoms with Gasteiger partial charge in [0.1, 0.15) is 5.70 Å². The number of rotatable bonds is 3. The molecule has 4 nitrogen and oxygen atoms in total. The van der Waals surface area contributed by atoms with E-state index >= 15 is 0 Å². The van der Waals surface area contributed by atoms with Gasteiger partial charge >= 0.3 is 0 Å². The van der Waals surface area contributed by atoms with E-state index in [2.05, 4.69) is 24.0 Å². The van der Waals surface area contributed by atoms with Gasteiger partial charge in [-0.15, -0.1) is 0 Å². The van der Waals surface area contributed by atoms with E-state index in [0.717, 1.165) is 46.3 Å². The first-order valence-electron chi connectivity index (χ1n) is 11.5. The predicted octanol–water partition coefficient (Wildman–Crippen LogP) is 5.66. The molecule has 166 valence electrons. The van der Waals surface area contributed by atoms with Gasteiger partial charge in [0.2, 0.25) is 0 Å². The van der Waals surface area contributed by atoms with Gasteiger partial charge in [0.05, 0.1) is 11.3 Å². The first-order chi connectivity index (χ1) is 15.9. The number of carbonyl (C=O) groups is 2. The number of anilines is 2. The van der Waals surface area contributed by atoms with Crippen molar-refractivity contribution in [3.63, 3.8) is 0 Å². The van der Waals surface area contributed by atoms with Gasteiger partial charge in [0, 0.05) is 12.2 Å². The monoisotopic (exact) mass is 436 g/mol. The topological polar surface area (TPSA) is 40.6 Å². The number of para-hydroxylation sites is 1. The maximum absolute atomic E-state index is 14.0. The third-order valence-corrected chi connectivity index (χ3v) is 6.84. The van der Waals surface area contributed by atoms with Gasteiger partial charge in [0.15, 0.2) is 0 Å². The number of nitrogens with zero attached hydrogens (tertiary/aromatic N) is 2. The Morgan fingerprint density at radius 1 is 0.727 bits per heavy atom. The number of hydrogen-bond acceptors (Lipinski definition) is 3. The Morgan fingerprint density at radius 2 is 1.48 bits per heavy atom. The van der Waals surface area contributed by atoms with E-state index in [0.29, 0.717) is 23.5 Å². The van der Waals surface area contributed by atoms with Crippen molar-refractivity contribution in [3.05, 3.63) is 99.7 Å². The maximum atomic E-state index is 14.0. The molecule has 3 aromatic carbocycles. The normalized spacial score (nSPS) is 16.0. The van der Waals surface area contributed by atoms with Crippen LogP contribution in [0.4, 0.5) is 11.4 Å². The molecule has 2 aliphatic rings. The molecule has 0 spiro atoms. The summed E-state index contributed by atoms with van der Waals surface area (Å²) in [4.78, 5) is 31.4. The molecule has 0 atom stereocenters. The number of aryl methyl sites for hydroxylation is 5. The molecule has 0 aromatic heterocycles. The Labute approximate surface area is 195 Å². The Balaban J connectivity index is 1.74. The second-order valence-corrected chi connectivity index (χ2v) is 9.14. The molecule has 3 aromatic rings. The van der Waals surface area contributed by atoms with Crippen molar-refractivity contribution in [2.75, 3.05) is 16.3 Å². The summed E-state index contributed by atoms with van der Waals surface area (Å²) >= 11 is 0. The lowest BCUT2D eigenvalue weighted by Gasteiger charge is -2.32. The number of imide groups is 1. The molecule has 0 saturated heterocycles. The number of hydrogen-bond donors (Lipinski definition) is 0. The van der Waals surface area contributed by atoms with E-state index in [1.807, 2.05) is 69.3 Å². The van der Waals surface area contributed by atoms with E-state index in [4.69, 9.17) is 0 Å². The molecule has 0 fully saturated rings. The highest BCUT2D eigenvalue weighted by atomic mass is 16.2. The van der Waals surface area contributed by atoms with E-state index in [1.54, 1.807) is 0 Å². The van der Waals surface area contributed by atoms with Crippen LogP contribution in [0.15, 0.2) is 66.4 Å². The van der Waals surface area contributed by atoms with E-state index < -0.39 is 0 Å². The van der Waals surface area contributed by atoms with Crippen LogP contribution in [0.5, 0.6) is 0 Å². The smallest absolute Gasteiger partial charge is 0.282 e. The Bertz CT molecular complexity index is 1340. The van der Waals surface area contributed by atoms with Crippen LogP contribution in [0.1, 0.15) is 39.8 Å². The fourth-order valence-corrected chi connectivity index (χ4v) is 4.87. The van der Waals surface area contributed by atoms with Gasteiger partial charge in [-0.2, -0.15) is 0 Å². The zero-order chi connectivity index (χ0) is 23.3. The zero-order valence-electron chi connectivity index (χ0n) is 19.6. The molecule has 4 heteroatoms. The molecule has 0 bridgehead atoms. The molecule has 0 aliphatic carbocycles. The van der Waals surface area contributed by atoms with E-state index in [9.17, 15) is 9.59 Å². The molecular weight excluding hydrogens is 408 g/mol. The number of fused-ring (bicyclic) bond motifs is 1. The Hall–Kier alpha value is -3.66. The van der Waals surface area contributed by atoms with Crippen LogP contribution in [0.3, 0.4) is 0 Å².